The Morgan fingerprint density at radius 3 is 2.47 bits per heavy atom. The highest BCUT2D eigenvalue weighted by Gasteiger charge is 2.23. The maximum Gasteiger partial charge on any atom is 0.325 e. The number of hydrogen-bond acceptors (Lipinski definition) is 3. The molecule has 1 aromatic carbocycles. The predicted octanol–water partition coefficient (Wildman–Crippen LogP) is 2.54. The third-order valence-electron chi connectivity index (χ3n) is 2.66. The van der Waals surface area contributed by atoms with Gasteiger partial charge in [0.05, 0.1) is 0 Å². The van der Waals surface area contributed by atoms with Crippen LogP contribution < -0.4 is 5.32 Å². The average Bonchev–Trinajstić information content (AvgIpc) is 2.30. The Hall–Kier alpha value is -1.00. The molecule has 2 N–H and O–H groups in total. The summed E-state index contributed by atoms with van der Waals surface area (Å²) in [4.78, 5) is 11.2. The average molecular weight is 253 g/mol. The summed E-state index contributed by atoms with van der Waals surface area (Å²) >= 11 is 1.72. The second-order valence-electron chi connectivity index (χ2n) is 4.53. The second kappa shape index (κ2) is 6.07. The zero-order valence-corrected chi connectivity index (χ0v) is 11.3. The van der Waals surface area contributed by atoms with Crippen molar-refractivity contribution in [2.75, 3.05) is 12.8 Å². The van der Waals surface area contributed by atoms with E-state index < -0.39 is 12.0 Å². The van der Waals surface area contributed by atoms with Crippen molar-refractivity contribution in [3.05, 3.63) is 35.9 Å². The number of carboxylic acid groups (broad SMARTS) is 1. The number of rotatable bonds is 6. The second-order valence-corrected chi connectivity index (χ2v) is 6.04. The van der Waals surface area contributed by atoms with Crippen LogP contribution in [0.3, 0.4) is 0 Å². The third-order valence-corrected chi connectivity index (χ3v) is 3.91. The molecule has 0 spiro atoms. The van der Waals surface area contributed by atoms with E-state index in [1.54, 1.807) is 11.8 Å². The van der Waals surface area contributed by atoms with Crippen LogP contribution in [0.25, 0.3) is 0 Å². The normalized spacial score (nSPS) is 13.4. The van der Waals surface area contributed by atoms with Gasteiger partial charge in [-0.15, -0.1) is 0 Å². The Morgan fingerprint density at radius 2 is 2.00 bits per heavy atom. The molecule has 0 aliphatic heterocycles. The first-order valence-corrected chi connectivity index (χ1v) is 6.75. The molecular weight excluding hydrogens is 234 g/mol. The SMILES string of the molecule is CSC(C)(C)CNC(C(=O)O)c1ccccc1. The van der Waals surface area contributed by atoms with Crippen LogP contribution >= 0.6 is 11.8 Å². The Kier molecular flexibility index (Phi) is 5.02. The zero-order valence-electron chi connectivity index (χ0n) is 10.4. The van der Waals surface area contributed by atoms with E-state index in [-0.39, 0.29) is 4.75 Å². The minimum Gasteiger partial charge on any atom is -0.480 e. The minimum atomic E-state index is -0.840. The molecular formula is C13H19NO2S. The first-order valence-electron chi connectivity index (χ1n) is 5.52. The van der Waals surface area contributed by atoms with Crippen molar-refractivity contribution in [3.63, 3.8) is 0 Å². The Bertz CT molecular complexity index is 365. The molecule has 0 saturated carbocycles. The van der Waals surface area contributed by atoms with Crippen molar-refractivity contribution in [3.8, 4) is 0 Å². The lowest BCUT2D eigenvalue weighted by atomic mass is 10.1. The van der Waals surface area contributed by atoms with Crippen molar-refractivity contribution in [1.29, 1.82) is 0 Å². The zero-order chi connectivity index (χ0) is 12.9. The molecule has 0 aromatic heterocycles. The molecule has 0 bridgehead atoms. The molecule has 94 valence electrons. The Morgan fingerprint density at radius 1 is 1.41 bits per heavy atom. The third kappa shape index (κ3) is 4.40. The fourth-order valence-corrected chi connectivity index (χ4v) is 1.64. The molecule has 1 atom stereocenters. The van der Waals surface area contributed by atoms with Gasteiger partial charge in [-0.1, -0.05) is 30.3 Å². The van der Waals surface area contributed by atoms with Crippen LogP contribution in [0.1, 0.15) is 25.5 Å². The molecule has 0 amide bonds. The summed E-state index contributed by atoms with van der Waals surface area (Å²) in [5, 5.41) is 12.3. The molecule has 3 nitrogen and oxygen atoms in total. The van der Waals surface area contributed by atoms with Gasteiger partial charge in [0.1, 0.15) is 6.04 Å². The first kappa shape index (κ1) is 14.1. The van der Waals surface area contributed by atoms with Gasteiger partial charge in [0.15, 0.2) is 0 Å². The van der Waals surface area contributed by atoms with Gasteiger partial charge < -0.3 is 5.11 Å². The summed E-state index contributed by atoms with van der Waals surface area (Å²) < 4.78 is 0.0302. The van der Waals surface area contributed by atoms with Gasteiger partial charge in [-0.2, -0.15) is 11.8 Å². The monoisotopic (exact) mass is 253 g/mol. The van der Waals surface area contributed by atoms with Gasteiger partial charge in [0.2, 0.25) is 0 Å². The van der Waals surface area contributed by atoms with E-state index in [1.807, 2.05) is 36.6 Å². The van der Waals surface area contributed by atoms with E-state index in [0.717, 1.165) is 5.56 Å². The maximum atomic E-state index is 11.2. The van der Waals surface area contributed by atoms with E-state index in [0.29, 0.717) is 6.54 Å². The van der Waals surface area contributed by atoms with Crippen molar-refractivity contribution in [2.45, 2.75) is 24.6 Å². The summed E-state index contributed by atoms with van der Waals surface area (Å²) in [6.07, 6.45) is 2.03. The Labute approximate surface area is 107 Å². The number of aliphatic carboxylic acids is 1. The molecule has 1 unspecified atom stereocenters. The highest BCUT2D eigenvalue weighted by Crippen LogP contribution is 2.21. The van der Waals surface area contributed by atoms with Gasteiger partial charge in [0, 0.05) is 11.3 Å². The van der Waals surface area contributed by atoms with Gasteiger partial charge in [-0.3, -0.25) is 10.1 Å². The molecule has 0 aliphatic rings. The van der Waals surface area contributed by atoms with E-state index in [9.17, 15) is 9.90 Å². The molecule has 0 fully saturated rings. The van der Waals surface area contributed by atoms with Crippen LogP contribution in [-0.4, -0.2) is 28.6 Å². The number of carbonyl (C=O) groups is 1. The molecule has 0 heterocycles. The lowest BCUT2D eigenvalue weighted by Crippen LogP contribution is -2.37. The lowest BCUT2D eigenvalue weighted by molar-refractivity contribution is -0.139. The molecule has 1 rings (SSSR count). The van der Waals surface area contributed by atoms with Crippen LogP contribution in [0.2, 0.25) is 0 Å². The standard InChI is InChI=1S/C13H19NO2S/c1-13(2,17-3)9-14-11(12(15)16)10-7-5-4-6-8-10/h4-8,11,14H,9H2,1-3H3,(H,15,16). The van der Waals surface area contributed by atoms with Crippen LogP contribution in [-0.2, 0) is 4.79 Å². The smallest absolute Gasteiger partial charge is 0.325 e. The number of thioether (sulfide) groups is 1. The van der Waals surface area contributed by atoms with E-state index >= 15 is 0 Å². The molecule has 0 saturated heterocycles. The minimum absolute atomic E-state index is 0.0302. The number of hydrogen-bond donors (Lipinski definition) is 2. The van der Waals surface area contributed by atoms with Crippen LogP contribution in [0.5, 0.6) is 0 Å². The summed E-state index contributed by atoms with van der Waals surface area (Å²) in [7, 11) is 0. The molecule has 0 radical (unpaired) electrons. The predicted molar refractivity (Wildman–Crippen MR) is 72.4 cm³/mol. The topological polar surface area (TPSA) is 49.3 Å². The van der Waals surface area contributed by atoms with Gasteiger partial charge in [0.25, 0.3) is 0 Å². The van der Waals surface area contributed by atoms with E-state index in [2.05, 4.69) is 19.2 Å². The summed E-state index contributed by atoms with van der Waals surface area (Å²) in [5.74, 6) is -0.840. The van der Waals surface area contributed by atoms with Gasteiger partial charge in [-0.25, -0.2) is 0 Å². The van der Waals surface area contributed by atoms with Crippen molar-refractivity contribution >= 4 is 17.7 Å². The summed E-state index contributed by atoms with van der Waals surface area (Å²) in [6, 6.07) is 8.62. The quantitative estimate of drug-likeness (QED) is 0.818. The highest BCUT2D eigenvalue weighted by atomic mass is 32.2. The largest absolute Gasteiger partial charge is 0.480 e. The maximum absolute atomic E-state index is 11.2. The Balaban J connectivity index is 2.72. The fraction of sp³-hybridized carbons (Fsp3) is 0.462. The van der Waals surface area contributed by atoms with Gasteiger partial charge >= 0.3 is 5.97 Å². The van der Waals surface area contributed by atoms with Crippen LogP contribution in [0.4, 0.5) is 0 Å². The number of nitrogens with one attached hydrogen (secondary N) is 1. The summed E-state index contributed by atoms with van der Waals surface area (Å²) in [5.41, 5.74) is 0.789. The van der Waals surface area contributed by atoms with Crippen molar-refractivity contribution in [1.82, 2.24) is 5.32 Å². The number of carboxylic acids is 1. The first-order chi connectivity index (χ1) is 7.96. The molecule has 17 heavy (non-hydrogen) atoms. The van der Waals surface area contributed by atoms with Crippen molar-refractivity contribution < 1.29 is 9.90 Å². The van der Waals surface area contributed by atoms with E-state index in [1.165, 1.54) is 0 Å². The van der Waals surface area contributed by atoms with Crippen LogP contribution in [0.15, 0.2) is 30.3 Å². The molecule has 0 aliphatic carbocycles. The van der Waals surface area contributed by atoms with E-state index in [4.69, 9.17) is 0 Å². The lowest BCUT2D eigenvalue weighted by Gasteiger charge is -2.25. The molecule has 4 heteroatoms. The number of benzene rings is 1. The highest BCUT2D eigenvalue weighted by molar-refractivity contribution is 7.99. The van der Waals surface area contributed by atoms with Gasteiger partial charge in [-0.05, 0) is 25.7 Å². The summed E-state index contributed by atoms with van der Waals surface area (Å²) in [6.45, 7) is 4.84. The van der Waals surface area contributed by atoms with Crippen molar-refractivity contribution in [2.24, 2.45) is 0 Å². The fourth-order valence-electron chi connectivity index (χ4n) is 1.41. The molecule has 1 aromatic rings. The van der Waals surface area contributed by atoms with Crippen LogP contribution in [0, 0.1) is 0 Å².